The Balaban J connectivity index is 2.36. The standard InChI is InChI=1S/C9H17NO3/c1-10-7(8(11)9(12)13)5-6-3-2-4-6/h6-8,10-11H,2-5H2,1H3,(H,12,13). The Labute approximate surface area is 78.0 Å². The fourth-order valence-corrected chi connectivity index (χ4v) is 1.66. The van der Waals surface area contributed by atoms with Crippen molar-refractivity contribution < 1.29 is 15.0 Å². The van der Waals surface area contributed by atoms with Gasteiger partial charge < -0.3 is 15.5 Å². The van der Waals surface area contributed by atoms with Gasteiger partial charge >= 0.3 is 5.97 Å². The van der Waals surface area contributed by atoms with E-state index in [1.807, 2.05) is 0 Å². The zero-order valence-electron chi connectivity index (χ0n) is 7.86. The lowest BCUT2D eigenvalue weighted by Crippen LogP contribution is -2.44. The van der Waals surface area contributed by atoms with Gasteiger partial charge in [0.1, 0.15) is 0 Å². The van der Waals surface area contributed by atoms with E-state index in [9.17, 15) is 9.90 Å². The van der Waals surface area contributed by atoms with Crippen LogP contribution in [0.4, 0.5) is 0 Å². The van der Waals surface area contributed by atoms with Crippen LogP contribution in [0, 0.1) is 5.92 Å². The molecule has 4 heteroatoms. The summed E-state index contributed by atoms with van der Waals surface area (Å²) < 4.78 is 0. The molecule has 0 spiro atoms. The molecule has 0 radical (unpaired) electrons. The minimum absolute atomic E-state index is 0.303. The first-order chi connectivity index (χ1) is 6.15. The number of aliphatic hydroxyl groups is 1. The number of aliphatic hydroxyl groups excluding tert-OH is 1. The van der Waals surface area contributed by atoms with Crippen LogP contribution in [0.1, 0.15) is 25.7 Å². The molecule has 0 bridgehead atoms. The molecule has 0 amide bonds. The van der Waals surface area contributed by atoms with E-state index in [1.54, 1.807) is 7.05 Å². The van der Waals surface area contributed by atoms with Gasteiger partial charge in [0, 0.05) is 6.04 Å². The maximum Gasteiger partial charge on any atom is 0.334 e. The highest BCUT2D eigenvalue weighted by Crippen LogP contribution is 2.30. The smallest absolute Gasteiger partial charge is 0.334 e. The molecule has 0 aromatic carbocycles. The van der Waals surface area contributed by atoms with Crippen molar-refractivity contribution >= 4 is 5.97 Å². The van der Waals surface area contributed by atoms with Crippen LogP contribution in [0.2, 0.25) is 0 Å². The van der Waals surface area contributed by atoms with Crippen LogP contribution in [-0.2, 0) is 4.79 Å². The Morgan fingerprint density at radius 1 is 1.62 bits per heavy atom. The molecule has 0 aromatic rings. The van der Waals surface area contributed by atoms with Crippen molar-refractivity contribution in [1.29, 1.82) is 0 Å². The number of likely N-dealkylation sites (N-methyl/N-ethyl adjacent to an activating group) is 1. The highest BCUT2D eigenvalue weighted by atomic mass is 16.4. The Kier molecular flexibility index (Phi) is 3.69. The van der Waals surface area contributed by atoms with Crippen molar-refractivity contribution in [2.75, 3.05) is 7.05 Å². The highest BCUT2D eigenvalue weighted by molar-refractivity contribution is 5.72. The molecule has 3 N–H and O–H groups in total. The Morgan fingerprint density at radius 3 is 2.54 bits per heavy atom. The summed E-state index contributed by atoms with van der Waals surface area (Å²) in [6.07, 6.45) is 3.08. The van der Waals surface area contributed by atoms with Gasteiger partial charge in [0.15, 0.2) is 6.10 Å². The second-order valence-corrected chi connectivity index (χ2v) is 3.71. The van der Waals surface area contributed by atoms with Crippen LogP contribution >= 0.6 is 0 Å². The lowest BCUT2D eigenvalue weighted by atomic mass is 9.80. The molecular weight excluding hydrogens is 170 g/mol. The molecule has 1 aliphatic rings. The largest absolute Gasteiger partial charge is 0.479 e. The van der Waals surface area contributed by atoms with E-state index in [4.69, 9.17) is 5.11 Å². The minimum atomic E-state index is -1.27. The third kappa shape index (κ3) is 2.67. The normalized spacial score (nSPS) is 22.0. The van der Waals surface area contributed by atoms with E-state index < -0.39 is 12.1 Å². The number of nitrogens with one attached hydrogen (secondary N) is 1. The van der Waals surface area contributed by atoms with Crippen LogP contribution in [-0.4, -0.2) is 35.4 Å². The molecule has 2 unspecified atom stereocenters. The number of rotatable bonds is 5. The first-order valence-electron chi connectivity index (χ1n) is 4.73. The van der Waals surface area contributed by atoms with Crippen molar-refractivity contribution in [3.63, 3.8) is 0 Å². The summed E-state index contributed by atoms with van der Waals surface area (Å²) in [7, 11) is 1.69. The zero-order chi connectivity index (χ0) is 9.84. The van der Waals surface area contributed by atoms with Gasteiger partial charge in [-0.3, -0.25) is 0 Å². The molecule has 1 saturated carbocycles. The van der Waals surface area contributed by atoms with E-state index in [-0.39, 0.29) is 6.04 Å². The fourth-order valence-electron chi connectivity index (χ4n) is 1.66. The maximum absolute atomic E-state index is 10.5. The van der Waals surface area contributed by atoms with Gasteiger partial charge in [-0.2, -0.15) is 0 Å². The van der Waals surface area contributed by atoms with E-state index in [1.165, 1.54) is 19.3 Å². The van der Waals surface area contributed by atoms with Gasteiger partial charge in [0.25, 0.3) is 0 Å². The molecule has 1 aliphatic carbocycles. The Bertz CT molecular complexity index is 180. The van der Waals surface area contributed by atoms with Crippen molar-refractivity contribution in [1.82, 2.24) is 5.32 Å². The van der Waals surface area contributed by atoms with Crippen LogP contribution in [0.15, 0.2) is 0 Å². The number of aliphatic carboxylic acids is 1. The van der Waals surface area contributed by atoms with Gasteiger partial charge in [0.2, 0.25) is 0 Å². The Morgan fingerprint density at radius 2 is 2.23 bits per heavy atom. The monoisotopic (exact) mass is 187 g/mol. The summed E-state index contributed by atoms with van der Waals surface area (Å²) >= 11 is 0. The second-order valence-electron chi connectivity index (χ2n) is 3.71. The molecule has 0 heterocycles. The third-order valence-electron chi connectivity index (χ3n) is 2.82. The summed E-state index contributed by atoms with van der Waals surface area (Å²) in [5, 5.41) is 20.7. The predicted octanol–water partition coefficient (Wildman–Crippen LogP) is 0.210. The predicted molar refractivity (Wildman–Crippen MR) is 48.4 cm³/mol. The van der Waals surface area contributed by atoms with E-state index in [0.717, 1.165) is 6.42 Å². The van der Waals surface area contributed by atoms with Crippen LogP contribution < -0.4 is 5.32 Å². The first-order valence-corrected chi connectivity index (χ1v) is 4.73. The summed E-state index contributed by atoms with van der Waals surface area (Å²) in [6, 6.07) is -0.303. The van der Waals surface area contributed by atoms with Crippen molar-refractivity contribution in [2.24, 2.45) is 5.92 Å². The second kappa shape index (κ2) is 4.58. The first kappa shape index (κ1) is 10.5. The average molecular weight is 187 g/mol. The highest BCUT2D eigenvalue weighted by Gasteiger charge is 2.29. The van der Waals surface area contributed by atoms with Crippen molar-refractivity contribution in [2.45, 2.75) is 37.8 Å². The van der Waals surface area contributed by atoms with E-state index >= 15 is 0 Å². The summed E-state index contributed by atoms with van der Waals surface area (Å²) in [5.41, 5.74) is 0. The SMILES string of the molecule is CNC(CC1CCC1)C(O)C(=O)O. The van der Waals surface area contributed by atoms with E-state index in [0.29, 0.717) is 5.92 Å². The lowest BCUT2D eigenvalue weighted by molar-refractivity contribution is -0.148. The minimum Gasteiger partial charge on any atom is -0.479 e. The molecular formula is C9H17NO3. The molecule has 0 aromatic heterocycles. The van der Waals surface area contributed by atoms with Crippen molar-refractivity contribution in [3.8, 4) is 0 Å². The number of carboxylic acid groups (broad SMARTS) is 1. The summed E-state index contributed by atoms with van der Waals surface area (Å²) in [6.45, 7) is 0. The molecule has 0 saturated heterocycles. The zero-order valence-corrected chi connectivity index (χ0v) is 7.86. The summed E-state index contributed by atoms with van der Waals surface area (Å²) in [5.74, 6) is -0.537. The van der Waals surface area contributed by atoms with Crippen LogP contribution in [0.3, 0.4) is 0 Å². The third-order valence-corrected chi connectivity index (χ3v) is 2.82. The van der Waals surface area contributed by atoms with Gasteiger partial charge in [-0.1, -0.05) is 19.3 Å². The number of carboxylic acids is 1. The molecule has 13 heavy (non-hydrogen) atoms. The Hall–Kier alpha value is -0.610. The van der Waals surface area contributed by atoms with Gasteiger partial charge in [-0.05, 0) is 19.4 Å². The molecule has 4 nitrogen and oxygen atoms in total. The van der Waals surface area contributed by atoms with E-state index in [2.05, 4.69) is 5.32 Å². The molecule has 0 aliphatic heterocycles. The average Bonchev–Trinajstić information content (AvgIpc) is 2.02. The van der Waals surface area contributed by atoms with Gasteiger partial charge in [0.05, 0.1) is 0 Å². The molecule has 1 fully saturated rings. The lowest BCUT2D eigenvalue weighted by Gasteiger charge is -2.30. The summed E-state index contributed by atoms with van der Waals surface area (Å²) in [4.78, 5) is 10.5. The molecule has 1 rings (SSSR count). The quantitative estimate of drug-likeness (QED) is 0.575. The molecule has 76 valence electrons. The van der Waals surface area contributed by atoms with Crippen molar-refractivity contribution in [3.05, 3.63) is 0 Å². The maximum atomic E-state index is 10.5. The number of carbonyl (C=O) groups is 1. The molecule has 2 atom stereocenters. The van der Waals surface area contributed by atoms with Gasteiger partial charge in [-0.25, -0.2) is 4.79 Å². The fraction of sp³-hybridized carbons (Fsp3) is 0.889. The number of hydrogen-bond donors (Lipinski definition) is 3. The van der Waals surface area contributed by atoms with Crippen LogP contribution in [0.5, 0.6) is 0 Å². The van der Waals surface area contributed by atoms with Gasteiger partial charge in [-0.15, -0.1) is 0 Å². The van der Waals surface area contributed by atoms with Crippen LogP contribution in [0.25, 0.3) is 0 Å². The topological polar surface area (TPSA) is 69.6 Å². The number of hydrogen-bond acceptors (Lipinski definition) is 3.